The number of benzene rings is 3. The number of nitrogens with one attached hydrogen (secondary N) is 2. The van der Waals surface area contributed by atoms with E-state index in [1.54, 1.807) is 60.7 Å². The van der Waals surface area contributed by atoms with E-state index in [-0.39, 0.29) is 11.9 Å². The maximum Gasteiger partial charge on any atom is 0.328 e. The smallest absolute Gasteiger partial charge is 0.328 e. The maximum atomic E-state index is 13.7. The lowest BCUT2D eigenvalue weighted by molar-refractivity contribution is -0.142. The molecule has 0 saturated carbocycles. The molecule has 0 aliphatic rings. The third-order valence-electron chi connectivity index (χ3n) is 6.39. The second kappa shape index (κ2) is 13.7. The molecule has 0 radical (unpaired) electrons. The van der Waals surface area contributed by atoms with Crippen LogP contribution in [0.2, 0.25) is 0 Å². The number of ether oxygens (including phenoxy) is 1. The van der Waals surface area contributed by atoms with Crippen molar-refractivity contribution in [2.45, 2.75) is 25.0 Å². The summed E-state index contributed by atoms with van der Waals surface area (Å²) in [7, 11) is 1.28. The molecule has 7 nitrogen and oxygen atoms in total. The van der Waals surface area contributed by atoms with Crippen LogP contribution in [0.25, 0.3) is 11.1 Å². The number of aromatic nitrogens is 2. The van der Waals surface area contributed by atoms with Gasteiger partial charge in [-0.25, -0.2) is 18.6 Å². The summed E-state index contributed by atoms with van der Waals surface area (Å²) in [6.07, 6.45) is 7.55. The predicted octanol–water partition coefficient (Wildman–Crippen LogP) is 5.71. The van der Waals surface area contributed by atoms with Crippen LogP contribution >= 0.6 is 11.8 Å². The van der Waals surface area contributed by atoms with Crippen molar-refractivity contribution in [2.75, 3.05) is 24.4 Å². The fourth-order valence-electron chi connectivity index (χ4n) is 4.30. The summed E-state index contributed by atoms with van der Waals surface area (Å²) in [5.74, 6) is -1.04. The molecule has 2 atom stereocenters. The molecule has 1 unspecified atom stereocenters. The molecule has 4 rings (SSSR count). The third kappa shape index (κ3) is 7.47. The van der Waals surface area contributed by atoms with Gasteiger partial charge in [0.15, 0.2) is 0 Å². The molecule has 0 aliphatic heterocycles. The van der Waals surface area contributed by atoms with Gasteiger partial charge < -0.3 is 19.9 Å². The second-order valence-corrected chi connectivity index (χ2v) is 10.1. The van der Waals surface area contributed by atoms with Gasteiger partial charge in [0, 0.05) is 30.2 Å². The van der Waals surface area contributed by atoms with Crippen LogP contribution in [0.4, 0.5) is 14.5 Å². The molecular weight excluding hydrogens is 534 g/mol. The molecule has 0 bridgehead atoms. The Morgan fingerprint density at radius 3 is 2.35 bits per heavy atom. The number of thioether (sulfide) groups is 1. The molecular formula is C30H30F2N4O3S. The quantitative estimate of drug-likeness (QED) is 0.215. The molecule has 1 heterocycles. The Bertz CT molecular complexity index is 1410. The predicted molar refractivity (Wildman–Crippen MR) is 153 cm³/mol. The van der Waals surface area contributed by atoms with Crippen molar-refractivity contribution in [1.82, 2.24) is 14.9 Å². The van der Waals surface area contributed by atoms with Crippen molar-refractivity contribution < 1.29 is 23.1 Å². The zero-order chi connectivity index (χ0) is 28.5. The number of rotatable bonds is 12. The van der Waals surface area contributed by atoms with Crippen LogP contribution in [0.3, 0.4) is 0 Å². The molecule has 40 heavy (non-hydrogen) atoms. The second-order valence-electron chi connectivity index (χ2n) is 9.11. The molecule has 3 aromatic carbocycles. The van der Waals surface area contributed by atoms with E-state index in [1.165, 1.54) is 31.4 Å². The number of methoxy groups -OCH3 is 1. The minimum Gasteiger partial charge on any atom is -0.467 e. The number of hydrogen-bond acceptors (Lipinski definition) is 6. The zero-order valence-corrected chi connectivity index (χ0v) is 23.0. The van der Waals surface area contributed by atoms with E-state index in [0.717, 1.165) is 5.56 Å². The third-order valence-corrected chi connectivity index (χ3v) is 7.03. The van der Waals surface area contributed by atoms with Gasteiger partial charge in [0.2, 0.25) is 0 Å². The van der Waals surface area contributed by atoms with Crippen LogP contribution in [-0.2, 0) is 16.1 Å². The highest BCUT2D eigenvalue weighted by molar-refractivity contribution is 7.98. The van der Waals surface area contributed by atoms with E-state index in [1.807, 2.05) is 23.1 Å². The Balaban J connectivity index is 1.69. The Morgan fingerprint density at radius 1 is 1.02 bits per heavy atom. The fraction of sp³-hybridized carbons (Fsp3) is 0.233. The van der Waals surface area contributed by atoms with E-state index in [9.17, 15) is 18.4 Å². The maximum absolute atomic E-state index is 13.7. The van der Waals surface area contributed by atoms with Gasteiger partial charge in [-0.3, -0.25) is 4.79 Å². The minimum absolute atomic E-state index is 0.259. The van der Waals surface area contributed by atoms with E-state index < -0.39 is 23.7 Å². The molecule has 0 spiro atoms. The highest BCUT2D eigenvalue weighted by atomic mass is 32.2. The first-order valence-electron chi connectivity index (χ1n) is 12.6. The Hall–Kier alpha value is -4.18. The zero-order valence-electron chi connectivity index (χ0n) is 22.1. The Labute approximate surface area is 236 Å². The number of halogens is 2. The molecule has 2 N–H and O–H groups in total. The van der Waals surface area contributed by atoms with Crippen LogP contribution in [0.5, 0.6) is 0 Å². The van der Waals surface area contributed by atoms with Gasteiger partial charge in [0.1, 0.15) is 17.7 Å². The highest BCUT2D eigenvalue weighted by Crippen LogP contribution is 2.30. The monoisotopic (exact) mass is 564 g/mol. The molecule has 0 fully saturated rings. The molecule has 0 saturated heterocycles. The van der Waals surface area contributed by atoms with E-state index >= 15 is 0 Å². The van der Waals surface area contributed by atoms with Crippen molar-refractivity contribution in [3.63, 3.8) is 0 Å². The summed E-state index contributed by atoms with van der Waals surface area (Å²) in [6.45, 7) is 0.510. The summed E-state index contributed by atoms with van der Waals surface area (Å²) < 4.78 is 34.2. The van der Waals surface area contributed by atoms with Gasteiger partial charge in [-0.1, -0.05) is 24.3 Å². The average Bonchev–Trinajstić information content (AvgIpc) is 3.48. The molecule has 10 heteroatoms. The molecule has 4 aromatic rings. The summed E-state index contributed by atoms with van der Waals surface area (Å²) in [6, 6.07) is 16.3. The number of anilines is 1. The molecule has 1 amide bonds. The van der Waals surface area contributed by atoms with E-state index in [4.69, 9.17) is 4.74 Å². The van der Waals surface area contributed by atoms with Crippen LogP contribution in [-0.4, -0.2) is 46.6 Å². The first kappa shape index (κ1) is 28.8. The van der Waals surface area contributed by atoms with Gasteiger partial charge in [-0.2, -0.15) is 11.8 Å². The van der Waals surface area contributed by atoms with Crippen molar-refractivity contribution in [3.05, 3.63) is 108 Å². The van der Waals surface area contributed by atoms with Gasteiger partial charge >= 0.3 is 5.97 Å². The Morgan fingerprint density at radius 2 is 1.73 bits per heavy atom. The van der Waals surface area contributed by atoms with E-state index in [0.29, 0.717) is 41.1 Å². The number of esters is 1. The van der Waals surface area contributed by atoms with Crippen LogP contribution in [0, 0.1) is 11.6 Å². The number of amides is 1. The number of carbonyl (C=O) groups excluding carboxylic acids is 2. The summed E-state index contributed by atoms with van der Waals surface area (Å²) in [5.41, 5.74) is 3.05. The highest BCUT2D eigenvalue weighted by Gasteiger charge is 2.24. The van der Waals surface area contributed by atoms with Gasteiger partial charge in [-0.15, -0.1) is 0 Å². The topological polar surface area (TPSA) is 85.2 Å². The lowest BCUT2D eigenvalue weighted by Crippen LogP contribution is -2.42. The fourth-order valence-corrected chi connectivity index (χ4v) is 4.77. The summed E-state index contributed by atoms with van der Waals surface area (Å²) in [5, 5.41) is 6.28. The largest absolute Gasteiger partial charge is 0.467 e. The van der Waals surface area contributed by atoms with Crippen molar-refractivity contribution in [2.24, 2.45) is 0 Å². The van der Waals surface area contributed by atoms with Crippen molar-refractivity contribution in [1.29, 1.82) is 0 Å². The van der Waals surface area contributed by atoms with Crippen molar-refractivity contribution in [3.8, 4) is 11.1 Å². The Kier molecular flexibility index (Phi) is 9.91. The standard InChI is InChI=1S/C30H30F2N4O3S/c1-39-30(38)27(13-16-40-2)35-29(37)25-12-11-24(17-26(25)20-3-7-22(31)8-4-20)34-28(18-36-15-14-33-19-36)21-5-9-23(32)10-6-21/h3-12,14-15,17,19,27-28,34H,13,16,18H2,1-2H3,(H,35,37)/t27-,28?/m0/s1. The van der Waals surface area contributed by atoms with Gasteiger partial charge in [-0.05, 0) is 77.6 Å². The first-order valence-corrected chi connectivity index (χ1v) is 14.0. The normalized spacial score (nSPS) is 12.4. The lowest BCUT2D eigenvalue weighted by Gasteiger charge is -2.23. The summed E-state index contributed by atoms with van der Waals surface area (Å²) >= 11 is 1.56. The lowest BCUT2D eigenvalue weighted by atomic mass is 9.97. The van der Waals surface area contributed by atoms with Gasteiger partial charge in [0.25, 0.3) is 5.91 Å². The SMILES string of the molecule is COC(=O)[C@H](CCSC)NC(=O)c1ccc(NC(Cn2ccnc2)c2ccc(F)cc2)cc1-c1ccc(F)cc1. The minimum atomic E-state index is -0.804. The van der Waals surface area contributed by atoms with Crippen molar-refractivity contribution >= 4 is 29.3 Å². The molecule has 0 aliphatic carbocycles. The van der Waals surface area contributed by atoms with E-state index in [2.05, 4.69) is 15.6 Å². The van der Waals surface area contributed by atoms with Crippen LogP contribution in [0.15, 0.2) is 85.5 Å². The summed E-state index contributed by atoms with van der Waals surface area (Å²) in [4.78, 5) is 29.9. The first-order chi connectivity index (χ1) is 19.4. The number of nitrogens with zero attached hydrogens (tertiary/aromatic N) is 2. The number of carbonyl (C=O) groups is 2. The molecule has 208 valence electrons. The number of hydrogen-bond donors (Lipinski definition) is 2. The molecule has 1 aromatic heterocycles. The van der Waals surface area contributed by atoms with Crippen LogP contribution < -0.4 is 10.6 Å². The van der Waals surface area contributed by atoms with Crippen LogP contribution in [0.1, 0.15) is 28.4 Å². The van der Waals surface area contributed by atoms with Gasteiger partial charge in [0.05, 0.1) is 19.5 Å². The average molecular weight is 565 g/mol. The number of imidazole rings is 1.